The first-order chi connectivity index (χ1) is 10.6. The number of halogens is 1. The molecule has 0 aromatic heterocycles. The van der Waals surface area contributed by atoms with Crippen molar-refractivity contribution in [2.75, 3.05) is 26.9 Å². The van der Waals surface area contributed by atoms with Gasteiger partial charge in [-0.1, -0.05) is 23.7 Å². The Morgan fingerprint density at radius 1 is 1.41 bits per heavy atom. The number of hydrogen-bond donors (Lipinski definition) is 2. The number of nitrogens with one attached hydrogen (secondary N) is 1. The van der Waals surface area contributed by atoms with Crippen molar-refractivity contribution in [2.24, 2.45) is 11.7 Å². The number of benzene rings is 1. The Kier molecular flexibility index (Phi) is 6.64. The average molecular weight is 327 g/mol. The molecule has 0 spiro atoms. The minimum atomic E-state index is -0.494. The Morgan fingerprint density at radius 2 is 2.05 bits per heavy atom. The van der Waals surface area contributed by atoms with Gasteiger partial charge in [-0.15, -0.1) is 0 Å². The van der Waals surface area contributed by atoms with Gasteiger partial charge in [-0.05, 0) is 36.5 Å². The molecule has 1 amide bonds. The molecule has 1 aliphatic rings. The highest BCUT2D eigenvalue weighted by Gasteiger charge is 2.26. The molecule has 0 bridgehead atoms. The zero-order valence-electron chi connectivity index (χ0n) is 12.8. The largest absolute Gasteiger partial charge is 0.381 e. The van der Waals surface area contributed by atoms with Gasteiger partial charge in [0, 0.05) is 31.9 Å². The highest BCUT2D eigenvalue weighted by atomic mass is 35.5. The quantitative estimate of drug-likeness (QED) is 0.837. The number of amides is 1. The third-order valence-corrected chi connectivity index (χ3v) is 4.32. The predicted octanol–water partition coefficient (Wildman–Crippen LogP) is 1.90. The van der Waals surface area contributed by atoms with Crippen molar-refractivity contribution >= 4 is 17.5 Å². The van der Waals surface area contributed by atoms with Crippen LogP contribution in [0.3, 0.4) is 0 Å². The van der Waals surface area contributed by atoms with Crippen LogP contribution in [0.5, 0.6) is 0 Å². The Morgan fingerprint density at radius 3 is 2.64 bits per heavy atom. The van der Waals surface area contributed by atoms with E-state index in [1.807, 2.05) is 12.1 Å². The lowest BCUT2D eigenvalue weighted by Gasteiger charge is -2.27. The van der Waals surface area contributed by atoms with Crippen LogP contribution in [0, 0.1) is 5.92 Å². The van der Waals surface area contributed by atoms with E-state index >= 15 is 0 Å². The summed E-state index contributed by atoms with van der Waals surface area (Å²) in [6.45, 7) is 1.74. The third kappa shape index (κ3) is 4.68. The fraction of sp³-hybridized carbons (Fsp3) is 0.562. The monoisotopic (exact) mass is 326 g/mol. The number of ether oxygens (including phenoxy) is 2. The lowest BCUT2D eigenvalue weighted by Crippen LogP contribution is -2.48. The first kappa shape index (κ1) is 17.2. The average Bonchev–Trinajstić information content (AvgIpc) is 2.56. The van der Waals surface area contributed by atoms with Crippen LogP contribution in [0.25, 0.3) is 0 Å². The zero-order chi connectivity index (χ0) is 15.9. The molecule has 3 N–H and O–H groups in total. The second kappa shape index (κ2) is 8.48. The van der Waals surface area contributed by atoms with Crippen molar-refractivity contribution in [1.82, 2.24) is 5.32 Å². The number of carbonyl (C=O) groups excluding carboxylic acids is 1. The fourth-order valence-corrected chi connectivity index (χ4v) is 2.74. The van der Waals surface area contributed by atoms with Gasteiger partial charge < -0.3 is 20.5 Å². The fourth-order valence-electron chi connectivity index (χ4n) is 2.61. The van der Waals surface area contributed by atoms with E-state index < -0.39 is 6.04 Å². The number of hydrogen-bond acceptors (Lipinski definition) is 4. The molecule has 2 rings (SSSR count). The van der Waals surface area contributed by atoms with E-state index in [2.05, 4.69) is 5.32 Å². The Balaban J connectivity index is 1.86. The highest BCUT2D eigenvalue weighted by molar-refractivity contribution is 6.30. The molecule has 6 heteroatoms. The lowest BCUT2D eigenvalue weighted by molar-refractivity contribution is -0.124. The molecular weight excluding hydrogens is 304 g/mol. The summed E-state index contributed by atoms with van der Waals surface area (Å²) < 4.78 is 10.7. The summed E-state index contributed by atoms with van der Waals surface area (Å²) in [4.78, 5) is 12.2. The highest BCUT2D eigenvalue weighted by Crippen LogP contribution is 2.20. The molecule has 1 saturated heterocycles. The number of carbonyl (C=O) groups is 1. The first-order valence-corrected chi connectivity index (χ1v) is 7.89. The first-order valence-electron chi connectivity index (χ1n) is 7.51. The molecule has 1 fully saturated rings. The van der Waals surface area contributed by atoms with Crippen LogP contribution in [-0.2, 0) is 14.3 Å². The van der Waals surface area contributed by atoms with Gasteiger partial charge in [0.2, 0.25) is 5.91 Å². The molecule has 2 atom stereocenters. The molecule has 1 heterocycles. The van der Waals surface area contributed by atoms with Crippen molar-refractivity contribution < 1.29 is 14.3 Å². The van der Waals surface area contributed by atoms with Gasteiger partial charge in [0.1, 0.15) is 0 Å². The zero-order valence-corrected chi connectivity index (χ0v) is 13.5. The molecule has 1 aromatic rings. The van der Waals surface area contributed by atoms with E-state index in [0.717, 1.165) is 18.4 Å². The van der Waals surface area contributed by atoms with E-state index in [1.54, 1.807) is 19.2 Å². The van der Waals surface area contributed by atoms with Crippen LogP contribution in [0.4, 0.5) is 0 Å². The molecule has 1 aliphatic heterocycles. The maximum atomic E-state index is 12.2. The van der Waals surface area contributed by atoms with Crippen LogP contribution in [0.1, 0.15) is 24.5 Å². The smallest absolute Gasteiger partial charge is 0.237 e. The van der Waals surface area contributed by atoms with Crippen molar-refractivity contribution in [1.29, 1.82) is 0 Å². The second-order valence-corrected chi connectivity index (χ2v) is 5.93. The second-order valence-electron chi connectivity index (χ2n) is 5.50. The summed E-state index contributed by atoms with van der Waals surface area (Å²) in [7, 11) is 1.61. The van der Waals surface area contributed by atoms with E-state index in [1.165, 1.54) is 0 Å². The van der Waals surface area contributed by atoms with Gasteiger partial charge in [0.15, 0.2) is 0 Å². The van der Waals surface area contributed by atoms with Crippen molar-refractivity contribution in [2.45, 2.75) is 25.0 Å². The molecule has 0 aliphatic carbocycles. The maximum Gasteiger partial charge on any atom is 0.237 e. The SMILES string of the molecule is COC(CNC(=O)C(N)C1CCOCC1)c1ccc(Cl)cc1. The van der Waals surface area contributed by atoms with Gasteiger partial charge in [-0.25, -0.2) is 0 Å². The molecule has 5 nitrogen and oxygen atoms in total. The van der Waals surface area contributed by atoms with Crippen LogP contribution < -0.4 is 11.1 Å². The van der Waals surface area contributed by atoms with E-state index in [0.29, 0.717) is 24.8 Å². The van der Waals surface area contributed by atoms with Gasteiger partial charge in [-0.3, -0.25) is 4.79 Å². The Hall–Kier alpha value is -1.14. The van der Waals surface area contributed by atoms with Crippen LogP contribution in [-0.4, -0.2) is 38.8 Å². The Labute approximate surface area is 136 Å². The van der Waals surface area contributed by atoms with Gasteiger partial charge in [0.05, 0.1) is 12.1 Å². The summed E-state index contributed by atoms with van der Waals surface area (Å²) in [6, 6.07) is 6.89. The molecule has 122 valence electrons. The van der Waals surface area contributed by atoms with E-state index in [4.69, 9.17) is 26.8 Å². The molecule has 2 unspecified atom stereocenters. The van der Waals surface area contributed by atoms with Crippen molar-refractivity contribution in [3.8, 4) is 0 Å². The molecule has 0 radical (unpaired) electrons. The summed E-state index contributed by atoms with van der Waals surface area (Å²) in [5, 5.41) is 3.55. The minimum absolute atomic E-state index is 0.136. The van der Waals surface area contributed by atoms with Gasteiger partial charge in [0.25, 0.3) is 0 Å². The number of methoxy groups -OCH3 is 1. The summed E-state index contributed by atoms with van der Waals surface area (Å²) in [5.74, 6) is 0.0493. The minimum Gasteiger partial charge on any atom is -0.381 e. The van der Waals surface area contributed by atoms with E-state index in [9.17, 15) is 4.79 Å². The molecular formula is C16H23ClN2O3. The maximum absolute atomic E-state index is 12.2. The van der Waals surface area contributed by atoms with Crippen LogP contribution >= 0.6 is 11.6 Å². The molecule has 1 aromatic carbocycles. The van der Waals surface area contributed by atoms with Crippen molar-refractivity contribution in [3.05, 3.63) is 34.9 Å². The summed E-state index contributed by atoms with van der Waals surface area (Å²) in [6.07, 6.45) is 1.45. The summed E-state index contributed by atoms with van der Waals surface area (Å²) in [5.41, 5.74) is 7.02. The topological polar surface area (TPSA) is 73.6 Å². The number of nitrogens with two attached hydrogens (primary N) is 1. The summed E-state index contributed by atoms with van der Waals surface area (Å²) >= 11 is 5.88. The molecule has 22 heavy (non-hydrogen) atoms. The normalized spacial score (nSPS) is 18.7. The third-order valence-electron chi connectivity index (χ3n) is 4.06. The molecule has 0 saturated carbocycles. The predicted molar refractivity (Wildman–Crippen MR) is 85.7 cm³/mol. The Bertz CT molecular complexity index is 475. The number of rotatable bonds is 6. The van der Waals surface area contributed by atoms with Gasteiger partial charge in [-0.2, -0.15) is 0 Å². The van der Waals surface area contributed by atoms with Crippen LogP contribution in [0.15, 0.2) is 24.3 Å². The van der Waals surface area contributed by atoms with Crippen molar-refractivity contribution in [3.63, 3.8) is 0 Å². The van der Waals surface area contributed by atoms with Gasteiger partial charge >= 0.3 is 0 Å². The standard InChI is InChI=1S/C16H23ClN2O3/c1-21-14(11-2-4-13(17)5-3-11)10-19-16(20)15(18)12-6-8-22-9-7-12/h2-5,12,14-15H,6-10,18H2,1H3,(H,19,20). The van der Waals surface area contributed by atoms with Crippen LogP contribution in [0.2, 0.25) is 5.02 Å². The lowest BCUT2D eigenvalue weighted by atomic mass is 9.92. The van der Waals surface area contributed by atoms with E-state index in [-0.39, 0.29) is 17.9 Å².